The van der Waals surface area contributed by atoms with Gasteiger partial charge >= 0.3 is 0 Å². The number of aliphatic hydroxyl groups excluding tert-OH is 1. The maximum Gasteiger partial charge on any atom is 0.168 e. The van der Waals surface area contributed by atoms with Gasteiger partial charge < -0.3 is 28.8 Å². The van der Waals surface area contributed by atoms with Crippen LogP contribution in [0.3, 0.4) is 0 Å². The molecule has 0 aromatic heterocycles. The molecule has 1 heterocycles. The molecule has 29 heavy (non-hydrogen) atoms. The lowest BCUT2D eigenvalue weighted by molar-refractivity contribution is 0.0713. The van der Waals surface area contributed by atoms with Gasteiger partial charge in [-0.25, -0.2) is 0 Å². The van der Waals surface area contributed by atoms with E-state index in [1.54, 1.807) is 45.6 Å². The molecule has 0 amide bonds. The summed E-state index contributed by atoms with van der Waals surface area (Å²) in [7, 11) is 6.19. The van der Waals surface area contributed by atoms with Crippen molar-refractivity contribution in [3.63, 3.8) is 0 Å². The Balaban J connectivity index is 1.86. The zero-order chi connectivity index (χ0) is 21.0. The summed E-state index contributed by atoms with van der Waals surface area (Å²) in [5, 5.41) is 10.0. The second-order valence-electron chi connectivity index (χ2n) is 6.76. The molecular formula is C22H26O7. The SMILES string of the molecule is COc1ccc(C(=O)[C@H]2CO[C@H](c3ccc(OC)c(OC)c3)[C@H]2CO)cc1OC. The van der Waals surface area contributed by atoms with Crippen molar-refractivity contribution in [1.82, 2.24) is 0 Å². The Kier molecular flexibility index (Phi) is 6.61. The van der Waals surface area contributed by atoms with Crippen molar-refractivity contribution in [3.8, 4) is 23.0 Å². The van der Waals surface area contributed by atoms with Gasteiger partial charge in [0.2, 0.25) is 0 Å². The minimum Gasteiger partial charge on any atom is -0.493 e. The van der Waals surface area contributed by atoms with Gasteiger partial charge in [-0.1, -0.05) is 6.07 Å². The van der Waals surface area contributed by atoms with Crippen LogP contribution in [0.2, 0.25) is 0 Å². The van der Waals surface area contributed by atoms with Crippen LogP contribution in [-0.4, -0.2) is 52.5 Å². The number of benzene rings is 2. The first-order chi connectivity index (χ1) is 14.1. The number of rotatable bonds is 8. The van der Waals surface area contributed by atoms with E-state index in [-0.39, 0.29) is 24.9 Å². The lowest BCUT2D eigenvalue weighted by atomic mass is 9.83. The number of aliphatic hydroxyl groups is 1. The average Bonchev–Trinajstić information content (AvgIpc) is 3.21. The number of carbonyl (C=O) groups excluding carboxylic acids is 1. The van der Waals surface area contributed by atoms with Crippen molar-refractivity contribution < 1.29 is 33.6 Å². The fraction of sp³-hybridized carbons (Fsp3) is 0.409. The summed E-state index contributed by atoms with van der Waals surface area (Å²) in [6.07, 6.45) is -0.422. The van der Waals surface area contributed by atoms with E-state index >= 15 is 0 Å². The van der Waals surface area contributed by atoms with E-state index in [4.69, 9.17) is 23.7 Å². The quantitative estimate of drug-likeness (QED) is 0.680. The van der Waals surface area contributed by atoms with Crippen LogP contribution in [0.1, 0.15) is 22.0 Å². The highest BCUT2D eigenvalue weighted by atomic mass is 16.5. The van der Waals surface area contributed by atoms with Gasteiger partial charge in [-0.15, -0.1) is 0 Å². The number of hydrogen-bond donors (Lipinski definition) is 1. The van der Waals surface area contributed by atoms with Crippen LogP contribution in [0, 0.1) is 11.8 Å². The molecule has 1 saturated heterocycles. The third-order valence-corrected chi connectivity index (χ3v) is 5.31. The molecule has 2 aromatic rings. The summed E-state index contributed by atoms with van der Waals surface area (Å²) in [5.41, 5.74) is 1.31. The number of ether oxygens (including phenoxy) is 5. The van der Waals surface area contributed by atoms with Crippen LogP contribution in [0.25, 0.3) is 0 Å². The Hall–Kier alpha value is -2.77. The Morgan fingerprint density at radius 1 is 0.931 bits per heavy atom. The fourth-order valence-electron chi connectivity index (χ4n) is 3.74. The first kappa shape index (κ1) is 21.0. The summed E-state index contributed by atoms with van der Waals surface area (Å²) < 4.78 is 27.1. The summed E-state index contributed by atoms with van der Waals surface area (Å²) >= 11 is 0. The molecule has 0 unspecified atom stereocenters. The van der Waals surface area contributed by atoms with Crippen LogP contribution in [-0.2, 0) is 4.74 Å². The molecule has 1 aliphatic rings. The first-order valence-corrected chi connectivity index (χ1v) is 9.28. The molecule has 1 N–H and O–H groups in total. The fourth-order valence-corrected chi connectivity index (χ4v) is 3.74. The maximum absolute atomic E-state index is 13.2. The van der Waals surface area contributed by atoms with E-state index in [1.807, 2.05) is 12.1 Å². The summed E-state index contributed by atoms with van der Waals surface area (Å²) in [6, 6.07) is 10.5. The lowest BCUT2D eigenvalue weighted by Crippen LogP contribution is -2.26. The average molecular weight is 402 g/mol. The Morgan fingerprint density at radius 2 is 1.52 bits per heavy atom. The Labute approximate surface area is 170 Å². The molecule has 3 atom stereocenters. The van der Waals surface area contributed by atoms with E-state index in [9.17, 15) is 9.90 Å². The zero-order valence-corrected chi connectivity index (χ0v) is 17.0. The number of ketones is 1. The molecule has 7 heteroatoms. The van der Waals surface area contributed by atoms with Gasteiger partial charge in [0.1, 0.15) is 0 Å². The largest absolute Gasteiger partial charge is 0.493 e. The van der Waals surface area contributed by atoms with Crippen molar-refractivity contribution >= 4 is 5.78 Å². The molecule has 2 aromatic carbocycles. The van der Waals surface area contributed by atoms with Crippen LogP contribution >= 0.6 is 0 Å². The molecule has 0 radical (unpaired) electrons. The smallest absolute Gasteiger partial charge is 0.168 e. The number of hydrogen-bond acceptors (Lipinski definition) is 7. The topological polar surface area (TPSA) is 83.5 Å². The van der Waals surface area contributed by atoms with Gasteiger partial charge in [0.05, 0.1) is 47.1 Å². The maximum atomic E-state index is 13.2. The highest BCUT2D eigenvalue weighted by Crippen LogP contribution is 2.42. The molecule has 1 fully saturated rings. The van der Waals surface area contributed by atoms with E-state index in [1.165, 1.54) is 7.11 Å². The van der Waals surface area contributed by atoms with Gasteiger partial charge in [0, 0.05) is 18.1 Å². The second kappa shape index (κ2) is 9.15. The van der Waals surface area contributed by atoms with Crippen molar-refractivity contribution in [3.05, 3.63) is 47.5 Å². The highest BCUT2D eigenvalue weighted by Gasteiger charge is 2.42. The van der Waals surface area contributed by atoms with E-state index < -0.39 is 12.0 Å². The lowest BCUT2D eigenvalue weighted by Gasteiger charge is -2.21. The van der Waals surface area contributed by atoms with E-state index in [2.05, 4.69) is 0 Å². The Morgan fingerprint density at radius 3 is 2.10 bits per heavy atom. The van der Waals surface area contributed by atoms with Gasteiger partial charge in [-0.05, 0) is 35.9 Å². The molecule has 1 aliphatic heterocycles. The van der Waals surface area contributed by atoms with Crippen LogP contribution in [0.5, 0.6) is 23.0 Å². The van der Waals surface area contributed by atoms with Gasteiger partial charge in [0.25, 0.3) is 0 Å². The third kappa shape index (κ3) is 4.02. The molecule has 156 valence electrons. The summed E-state index contributed by atoms with van der Waals surface area (Å²) in [4.78, 5) is 13.2. The number of carbonyl (C=O) groups is 1. The minimum atomic E-state index is -0.476. The van der Waals surface area contributed by atoms with Crippen molar-refractivity contribution in [2.75, 3.05) is 41.7 Å². The number of methoxy groups -OCH3 is 4. The number of Topliss-reactive ketones (excluding diaryl/α,β-unsaturated/α-hetero) is 1. The predicted molar refractivity (Wildman–Crippen MR) is 106 cm³/mol. The first-order valence-electron chi connectivity index (χ1n) is 9.28. The molecule has 0 bridgehead atoms. The Bertz CT molecular complexity index is 864. The van der Waals surface area contributed by atoms with Crippen LogP contribution in [0.15, 0.2) is 36.4 Å². The molecule has 0 saturated carbocycles. The predicted octanol–water partition coefficient (Wildman–Crippen LogP) is 2.90. The molecular weight excluding hydrogens is 376 g/mol. The van der Waals surface area contributed by atoms with Crippen molar-refractivity contribution in [2.24, 2.45) is 11.8 Å². The van der Waals surface area contributed by atoms with Gasteiger partial charge in [0.15, 0.2) is 28.8 Å². The summed E-state index contributed by atoms with van der Waals surface area (Å²) in [6.45, 7) is 0.0418. The van der Waals surface area contributed by atoms with Gasteiger partial charge in [-0.3, -0.25) is 4.79 Å². The van der Waals surface area contributed by atoms with E-state index in [0.717, 1.165) is 5.56 Å². The molecule has 0 aliphatic carbocycles. The van der Waals surface area contributed by atoms with Crippen LogP contribution < -0.4 is 18.9 Å². The van der Waals surface area contributed by atoms with Crippen LogP contribution in [0.4, 0.5) is 0 Å². The van der Waals surface area contributed by atoms with Gasteiger partial charge in [-0.2, -0.15) is 0 Å². The third-order valence-electron chi connectivity index (χ3n) is 5.31. The zero-order valence-electron chi connectivity index (χ0n) is 17.0. The standard InChI is InChI=1S/C22H26O7/c1-25-17-7-5-13(9-19(17)27-3)21(24)16-12-29-22(15(16)11-23)14-6-8-18(26-2)20(10-14)28-4/h5-10,15-16,22-23H,11-12H2,1-4H3/t15-,16-,22+/m0/s1. The van der Waals surface area contributed by atoms with Crippen molar-refractivity contribution in [1.29, 1.82) is 0 Å². The van der Waals surface area contributed by atoms with Crippen molar-refractivity contribution in [2.45, 2.75) is 6.10 Å². The van der Waals surface area contributed by atoms with E-state index in [0.29, 0.717) is 28.6 Å². The minimum absolute atomic E-state index is 0.104. The molecule has 0 spiro atoms. The monoisotopic (exact) mass is 402 g/mol. The highest BCUT2D eigenvalue weighted by molar-refractivity contribution is 5.99. The normalized spacial score (nSPS) is 20.9. The second-order valence-corrected chi connectivity index (χ2v) is 6.76. The molecule has 7 nitrogen and oxygen atoms in total. The molecule has 3 rings (SSSR count). The summed E-state index contributed by atoms with van der Waals surface area (Å²) in [5.74, 6) is 1.24.